The van der Waals surface area contributed by atoms with Gasteiger partial charge < -0.3 is 14.6 Å². The van der Waals surface area contributed by atoms with Gasteiger partial charge in [0.1, 0.15) is 0 Å². The van der Waals surface area contributed by atoms with Crippen molar-refractivity contribution in [2.75, 3.05) is 7.11 Å². The second-order valence-electron chi connectivity index (χ2n) is 2.99. The number of alkyl halides is 4. The average Bonchev–Trinajstić information content (AvgIpc) is 2.26. The predicted octanol–water partition coefficient (Wildman–Crippen LogP) is 2.43. The Kier molecular flexibility index (Phi) is 4.23. The van der Waals surface area contributed by atoms with Gasteiger partial charge in [0, 0.05) is 5.56 Å². The van der Waals surface area contributed by atoms with Crippen LogP contribution < -0.4 is 9.47 Å². The molecule has 0 spiro atoms. The minimum atomic E-state index is -4.96. The number of carboxylic acids is 1. The third-order valence-electron chi connectivity index (χ3n) is 1.79. The third-order valence-corrected chi connectivity index (χ3v) is 2.08. The van der Waals surface area contributed by atoms with Crippen LogP contribution in [0.5, 0.6) is 11.6 Å². The molecule has 0 unspecified atom stereocenters. The largest absolute Gasteiger partial charge is 0.573 e. The Labute approximate surface area is 104 Å². The van der Waals surface area contributed by atoms with Gasteiger partial charge in [0.15, 0.2) is 11.4 Å². The van der Waals surface area contributed by atoms with Crippen molar-refractivity contribution >= 4 is 17.6 Å². The first-order chi connectivity index (χ1) is 8.28. The van der Waals surface area contributed by atoms with Crippen molar-refractivity contribution in [1.29, 1.82) is 0 Å². The Morgan fingerprint density at radius 1 is 1.56 bits per heavy atom. The van der Waals surface area contributed by atoms with Crippen molar-refractivity contribution in [2.24, 2.45) is 0 Å². The number of methoxy groups -OCH3 is 1. The van der Waals surface area contributed by atoms with Crippen molar-refractivity contribution in [3.8, 4) is 11.6 Å². The summed E-state index contributed by atoms with van der Waals surface area (Å²) in [6.45, 7) is 0. The van der Waals surface area contributed by atoms with Gasteiger partial charge in [-0.2, -0.15) is 0 Å². The molecule has 0 bridgehead atoms. The monoisotopic (exact) mass is 285 g/mol. The van der Waals surface area contributed by atoms with Crippen LogP contribution in [-0.2, 0) is 5.88 Å². The topological polar surface area (TPSA) is 68.7 Å². The first kappa shape index (κ1) is 14.4. The van der Waals surface area contributed by atoms with E-state index in [4.69, 9.17) is 16.7 Å². The summed E-state index contributed by atoms with van der Waals surface area (Å²) in [5, 5.41) is 8.72. The number of rotatable bonds is 4. The van der Waals surface area contributed by atoms with Crippen molar-refractivity contribution in [3.63, 3.8) is 0 Å². The van der Waals surface area contributed by atoms with Crippen LogP contribution >= 0.6 is 11.6 Å². The molecule has 5 nitrogen and oxygen atoms in total. The summed E-state index contributed by atoms with van der Waals surface area (Å²) in [6, 6.07) is 0.888. The molecule has 0 fully saturated rings. The van der Waals surface area contributed by atoms with E-state index in [2.05, 4.69) is 14.5 Å². The average molecular weight is 286 g/mol. The SMILES string of the molecule is COc1nc(C(=O)O)cc(CCl)c1OC(F)(F)F. The van der Waals surface area contributed by atoms with E-state index >= 15 is 0 Å². The molecule has 0 aromatic carbocycles. The lowest BCUT2D eigenvalue weighted by atomic mass is 10.2. The van der Waals surface area contributed by atoms with Gasteiger partial charge in [-0.3, -0.25) is 0 Å². The highest BCUT2D eigenvalue weighted by Crippen LogP contribution is 2.35. The van der Waals surface area contributed by atoms with Crippen LogP contribution in [0, 0.1) is 0 Å². The lowest BCUT2D eigenvalue weighted by molar-refractivity contribution is -0.275. The molecule has 9 heteroatoms. The minimum absolute atomic E-state index is 0.182. The van der Waals surface area contributed by atoms with E-state index in [9.17, 15) is 18.0 Å². The van der Waals surface area contributed by atoms with Gasteiger partial charge in [-0.15, -0.1) is 24.8 Å². The second-order valence-corrected chi connectivity index (χ2v) is 3.26. The molecule has 0 aliphatic carbocycles. The van der Waals surface area contributed by atoms with Gasteiger partial charge in [0.25, 0.3) is 5.88 Å². The summed E-state index contributed by atoms with van der Waals surface area (Å²) >= 11 is 5.44. The van der Waals surface area contributed by atoms with Crippen LogP contribution in [0.1, 0.15) is 16.1 Å². The Morgan fingerprint density at radius 3 is 2.56 bits per heavy atom. The normalized spacial score (nSPS) is 11.2. The molecule has 0 saturated carbocycles. The molecule has 0 amide bonds. The number of hydrogen-bond donors (Lipinski definition) is 1. The minimum Gasteiger partial charge on any atom is -0.478 e. The van der Waals surface area contributed by atoms with Gasteiger partial charge in [0.2, 0.25) is 0 Å². The highest BCUT2D eigenvalue weighted by Gasteiger charge is 2.34. The van der Waals surface area contributed by atoms with Gasteiger partial charge in [-0.05, 0) is 6.07 Å². The van der Waals surface area contributed by atoms with E-state index in [1.165, 1.54) is 0 Å². The molecule has 0 saturated heterocycles. The van der Waals surface area contributed by atoms with E-state index in [-0.39, 0.29) is 11.4 Å². The first-order valence-electron chi connectivity index (χ1n) is 4.41. The molecular formula is C9H7ClF3NO4. The summed E-state index contributed by atoms with van der Waals surface area (Å²) in [5.41, 5.74) is -0.671. The molecule has 1 heterocycles. The number of pyridine rings is 1. The Bertz CT molecular complexity index is 439. The van der Waals surface area contributed by atoms with Crippen molar-refractivity contribution < 1.29 is 32.5 Å². The maximum atomic E-state index is 12.2. The van der Waals surface area contributed by atoms with E-state index in [0.717, 1.165) is 13.2 Å². The number of halogens is 4. The van der Waals surface area contributed by atoms with E-state index in [0.29, 0.717) is 0 Å². The zero-order chi connectivity index (χ0) is 13.9. The number of carboxylic acid groups (broad SMARTS) is 1. The molecule has 0 radical (unpaired) electrons. The van der Waals surface area contributed by atoms with Crippen molar-refractivity contribution in [3.05, 3.63) is 17.3 Å². The maximum absolute atomic E-state index is 12.2. The van der Waals surface area contributed by atoms with E-state index in [1.807, 2.05) is 0 Å². The number of aromatic carboxylic acids is 1. The summed E-state index contributed by atoms with van der Waals surface area (Å²) in [4.78, 5) is 14.1. The molecule has 0 aliphatic rings. The lowest BCUT2D eigenvalue weighted by Crippen LogP contribution is -2.19. The number of aromatic nitrogens is 1. The van der Waals surface area contributed by atoms with Gasteiger partial charge >= 0.3 is 12.3 Å². The molecule has 18 heavy (non-hydrogen) atoms. The summed E-state index contributed by atoms with van der Waals surface area (Å²) in [6.07, 6.45) is -4.96. The predicted molar refractivity (Wildman–Crippen MR) is 54.0 cm³/mol. The van der Waals surface area contributed by atoms with E-state index in [1.54, 1.807) is 0 Å². The van der Waals surface area contributed by atoms with Crippen molar-refractivity contribution in [2.45, 2.75) is 12.2 Å². The molecule has 100 valence electrons. The van der Waals surface area contributed by atoms with Crippen molar-refractivity contribution in [1.82, 2.24) is 4.98 Å². The third kappa shape index (κ3) is 3.39. The molecule has 0 atom stereocenters. The fraction of sp³-hybridized carbons (Fsp3) is 0.333. The van der Waals surface area contributed by atoms with Crippen LogP contribution in [-0.4, -0.2) is 29.5 Å². The number of hydrogen-bond acceptors (Lipinski definition) is 4. The Balaban J connectivity index is 3.34. The Morgan fingerprint density at radius 2 is 2.17 bits per heavy atom. The quantitative estimate of drug-likeness (QED) is 0.861. The van der Waals surface area contributed by atoms with Crippen LogP contribution in [0.25, 0.3) is 0 Å². The first-order valence-corrected chi connectivity index (χ1v) is 4.95. The molecule has 1 rings (SSSR count). The lowest BCUT2D eigenvalue weighted by Gasteiger charge is -2.15. The fourth-order valence-electron chi connectivity index (χ4n) is 1.13. The van der Waals surface area contributed by atoms with Gasteiger partial charge in [-0.25, -0.2) is 9.78 Å². The second kappa shape index (κ2) is 5.30. The number of nitrogens with zero attached hydrogens (tertiary/aromatic N) is 1. The number of ether oxygens (including phenoxy) is 2. The zero-order valence-corrected chi connectivity index (χ0v) is 9.67. The maximum Gasteiger partial charge on any atom is 0.573 e. The van der Waals surface area contributed by atoms with Crippen LogP contribution in [0.4, 0.5) is 13.2 Å². The summed E-state index contributed by atoms with van der Waals surface area (Å²) in [7, 11) is 1.04. The highest BCUT2D eigenvalue weighted by molar-refractivity contribution is 6.17. The molecular weight excluding hydrogens is 279 g/mol. The molecule has 0 aliphatic heterocycles. The standard InChI is InChI=1S/C9H7ClF3NO4/c1-17-7-6(18-9(11,12)13)4(3-10)2-5(14-7)8(15)16/h2H,3H2,1H3,(H,15,16). The molecule has 1 N–H and O–H groups in total. The zero-order valence-electron chi connectivity index (χ0n) is 8.92. The van der Waals surface area contributed by atoms with E-state index < -0.39 is 29.7 Å². The molecule has 1 aromatic rings. The number of carbonyl (C=O) groups is 1. The van der Waals surface area contributed by atoms with Crippen LogP contribution in [0.15, 0.2) is 6.07 Å². The van der Waals surface area contributed by atoms with Gasteiger partial charge in [-0.1, -0.05) is 0 Å². The smallest absolute Gasteiger partial charge is 0.478 e. The highest BCUT2D eigenvalue weighted by atomic mass is 35.5. The van der Waals surface area contributed by atoms with Crippen LogP contribution in [0.3, 0.4) is 0 Å². The summed E-state index contributed by atoms with van der Waals surface area (Å²) < 4.78 is 44.8. The van der Waals surface area contributed by atoms with Crippen LogP contribution in [0.2, 0.25) is 0 Å². The Hall–Kier alpha value is -1.70. The fourth-order valence-corrected chi connectivity index (χ4v) is 1.33. The summed E-state index contributed by atoms with van der Waals surface area (Å²) in [5.74, 6) is -3.14. The van der Waals surface area contributed by atoms with Gasteiger partial charge in [0.05, 0.1) is 13.0 Å². The molecule has 1 aromatic heterocycles.